The molecule has 0 aliphatic carbocycles. The molecule has 0 saturated carbocycles. The van der Waals surface area contributed by atoms with Crippen molar-refractivity contribution < 1.29 is 14.3 Å². The third kappa shape index (κ3) is 1.44. The minimum Gasteiger partial charge on any atom is -0.464 e. The molecule has 0 radical (unpaired) electrons. The van der Waals surface area contributed by atoms with E-state index in [1.807, 2.05) is 0 Å². The number of rotatable bonds is 1. The van der Waals surface area contributed by atoms with Gasteiger partial charge in [0.2, 0.25) is 5.91 Å². The Kier molecular flexibility index (Phi) is 2.66. The van der Waals surface area contributed by atoms with Gasteiger partial charge < -0.3 is 10.5 Å². The molecule has 15 heavy (non-hydrogen) atoms. The standard InChI is InChI=1S/C8H9ClN2O3S/c1-14-8(13)5-3(9)2-15-7-4(10)6(12)11(5)7/h4,7H,2,10H2,1H3/t4?,7-/m1/s1. The van der Waals surface area contributed by atoms with Crippen molar-refractivity contribution in [3.05, 3.63) is 10.7 Å². The Morgan fingerprint density at radius 3 is 3.00 bits per heavy atom. The quantitative estimate of drug-likeness (QED) is 0.516. The van der Waals surface area contributed by atoms with Crippen molar-refractivity contribution in [1.29, 1.82) is 0 Å². The number of methoxy groups -OCH3 is 1. The minimum absolute atomic E-state index is 0.134. The number of esters is 1. The predicted octanol–water partition coefficient (Wildman–Crippen LogP) is -0.148. The molecule has 0 spiro atoms. The van der Waals surface area contributed by atoms with Gasteiger partial charge in [-0.3, -0.25) is 9.69 Å². The number of nitrogens with two attached hydrogens (primary N) is 1. The molecular weight excluding hydrogens is 240 g/mol. The highest BCUT2D eigenvalue weighted by Gasteiger charge is 2.51. The lowest BCUT2D eigenvalue weighted by Gasteiger charge is -2.47. The number of fused-ring (bicyclic) bond motifs is 1. The van der Waals surface area contributed by atoms with Crippen LogP contribution in [0.1, 0.15) is 0 Å². The van der Waals surface area contributed by atoms with Crippen LogP contribution in [0.2, 0.25) is 0 Å². The van der Waals surface area contributed by atoms with E-state index in [4.69, 9.17) is 17.3 Å². The van der Waals surface area contributed by atoms with Crippen LogP contribution in [0.25, 0.3) is 0 Å². The van der Waals surface area contributed by atoms with Gasteiger partial charge in [0, 0.05) is 5.75 Å². The van der Waals surface area contributed by atoms with Gasteiger partial charge in [-0.15, -0.1) is 11.8 Å². The van der Waals surface area contributed by atoms with Gasteiger partial charge in [-0.25, -0.2) is 4.79 Å². The smallest absolute Gasteiger partial charge is 0.356 e. The molecule has 2 rings (SSSR count). The van der Waals surface area contributed by atoms with E-state index in [0.29, 0.717) is 10.8 Å². The van der Waals surface area contributed by atoms with Gasteiger partial charge in [-0.1, -0.05) is 11.6 Å². The number of ether oxygens (including phenoxy) is 1. The summed E-state index contributed by atoms with van der Waals surface area (Å²) in [5.74, 6) is -0.398. The first-order valence-electron chi connectivity index (χ1n) is 4.25. The third-order valence-corrected chi connectivity index (χ3v) is 4.11. The zero-order chi connectivity index (χ0) is 11.2. The fourth-order valence-corrected chi connectivity index (χ4v) is 3.06. The number of thioether (sulfide) groups is 1. The van der Waals surface area contributed by atoms with Gasteiger partial charge in [-0.05, 0) is 0 Å². The summed E-state index contributed by atoms with van der Waals surface area (Å²) < 4.78 is 4.57. The fourth-order valence-electron chi connectivity index (χ4n) is 1.57. The summed E-state index contributed by atoms with van der Waals surface area (Å²) in [7, 11) is 1.25. The van der Waals surface area contributed by atoms with Gasteiger partial charge in [0.1, 0.15) is 17.1 Å². The summed E-state index contributed by atoms with van der Waals surface area (Å²) in [5, 5.41) is 0.150. The predicted molar refractivity (Wildman–Crippen MR) is 56.0 cm³/mol. The first-order chi connectivity index (χ1) is 7.07. The van der Waals surface area contributed by atoms with Crippen LogP contribution in [-0.4, -0.2) is 41.1 Å². The Hall–Kier alpha value is -0.720. The van der Waals surface area contributed by atoms with E-state index in [0.717, 1.165) is 0 Å². The summed E-state index contributed by atoms with van der Waals surface area (Å²) in [5.41, 5.74) is 5.73. The zero-order valence-corrected chi connectivity index (χ0v) is 9.47. The molecule has 2 N–H and O–H groups in total. The Labute approximate surface area is 95.6 Å². The van der Waals surface area contributed by atoms with Crippen LogP contribution in [0.3, 0.4) is 0 Å². The molecule has 1 unspecified atom stereocenters. The van der Waals surface area contributed by atoms with E-state index < -0.39 is 12.0 Å². The lowest BCUT2D eigenvalue weighted by atomic mass is 10.1. The largest absolute Gasteiger partial charge is 0.464 e. The molecule has 2 heterocycles. The highest BCUT2D eigenvalue weighted by Crippen LogP contribution is 2.40. The molecule has 0 aromatic heterocycles. The molecule has 2 aliphatic heterocycles. The SMILES string of the molecule is COC(=O)C1=C(Cl)CS[C@@H]2C(N)C(=O)N12. The lowest BCUT2D eigenvalue weighted by molar-refractivity contribution is -0.149. The van der Waals surface area contributed by atoms with Crippen molar-refractivity contribution in [3.8, 4) is 0 Å². The molecule has 0 aromatic carbocycles. The van der Waals surface area contributed by atoms with Crippen molar-refractivity contribution in [2.75, 3.05) is 12.9 Å². The monoisotopic (exact) mass is 248 g/mol. The molecule has 2 aliphatic rings. The van der Waals surface area contributed by atoms with Crippen LogP contribution in [-0.2, 0) is 14.3 Å². The van der Waals surface area contributed by atoms with Gasteiger partial charge in [0.15, 0.2) is 0 Å². The summed E-state index contributed by atoms with van der Waals surface area (Å²) >= 11 is 7.33. The summed E-state index contributed by atoms with van der Waals surface area (Å²) in [6.07, 6.45) is 0. The second-order valence-corrected chi connectivity index (χ2v) is 4.74. The maximum Gasteiger partial charge on any atom is 0.356 e. The zero-order valence-electron chi connectivity index (χ0n) is 7.90. The normalized spacial score (nSPS) is 29.8. The van der Waals surface area contributed by atoms with Crippen molar-refractivity contribution in [3.63, 3.8) is 0 Å². The number of carbonyl (C=O) groups is 2. The molecule has 82 valence electrons. The number of hydrogen-bond acceptors (Lipinski definition) is 5. The molecule has 7 heteroatoms. The number of nitrogens with zero attached hydrogens (tertiary/aromatic N) is 1. The summed E-state index contributed by atoms with van der Waals surface area (Å²) in [6, 6.07) is -0.542. The van der Waals surface area contributed by atoms with Crippen molar-refractivity contribution in [1.82, 2.24) is 4.90 Å². The fraction of sp³-hybridized carbons (Fsp3) is 0.500. The molecule has 0 bridgehead atoms. The van der Waals surface area contributed by atoms with E-state index in [2.05, 4.69) is 4.74 Å². The Morgan fingerprint density at radius 2 is 2.40 bits per heavy atom. The van der Waals surface area contributed by atoms with Gasteiger partial charge in [0.05, 0.1) is 12.1 Å². The van der Waals surface area contributed by atoms with Crippen LogP contribution >= 0.6 is 23.4 Å². The molecule has 1 amide bonds. The van der Waals surface area contributed by atoms with Crippen LogP contribution < -0.4 is 5.73 Å². The average molecular weight is 249 g/mol. The Bertz CT molecular complexity index is 371. The second kappa shape index (κ2) is 3.70. The maximum atomic E-state index is 11.5. The van der Waals surface area contributed by atoms with Gasteiger partial charge >= 0.3 is 5.97 Å². The van der Waals surface area contributed by atoms with Gasteiger partial charge in [0.25, 0.3) is 0 Å². The van der Waals surface area contributed by atoms with Crippen molar-refractivity contribution in [2.24, 2.45) is 5.73 Å². The van der Waals surface area contributed by atoms with E-state index in [1.54, 1.807) is 0 Å². The van der Waals surface area contributed by atoms with E-state index >= 15 is 0 Å². The van der Waals surface area contributed by atoms with Gasteiger partial charge in [-0.2, -0.15) is 0 Å². The number of hydrogen-bond donors (Lipinski definition) is 1. The first-order valence-corrected chi connectivity index (χ1v) is 5.68. The first kappa shape index (κ1) is 10.8. The Morgan fingerprint density at radius 1 is 1.73 bits per heavy atom. The van der Waals surface area contributed by atoms with Crippen LogP contribution in [0.5, 0.6) is 0 Å². The summed E-state index contributed by atoms with van der Waals surface area (Å²) in [4.78, 5) is 24.2. The van der Waals surface area contributed by atoms with E-state index in [-0.39, 0.29) is 17.0 Å². The van der Waals surface area contributed by atoms with Crippen LogP contribution in [0, 0.1) is 0 Å². The van der Waals surface area contributed by atoms with Crippen LogP contribution in [0.15, 0.2) is 10.7 Å². The highest BCUT2D eigenvalue weighted by atomic mass is 35.5. The number of carbonyl (C=O) groups excluding carboxylic acids is 2. The number of amides is 1. The topological polar surface area (TPSA) is 72.6 Å². The van der Waals surface area contributed by atoms with Crippen LogP contribution in [0.4, 0.5) is 0 Å². The molecule has 1 saturated heterocycles. The van der Waals surface area contributed by atoms with Crippen molar-refractivity contribution in [2.45, 2.75) is 11.4 Å². The number of β-lactam (4-membered cyclic amide) rings is 1. The van der Waals surface area contributed by atoms with E-state index in [1.165, 1.54) is 23.8 Å². The molecule has 1 fully saturated rings. The second-order valence-electron chi connectivity index (χ2n) is 3.18. The maximum absolute atomic E-state index is 11.5. The molecular formula is C8H9ClN2O3S. The number of halogens is 1. The molecule has 0 aromatic rings. The minimum atomic E-state index is -0.592. The summed E-state index contributed by atoms with van der Waals surface area (Å²) in [6.45, 7) is 0. The van der Waals surface area contributed by atoms with E-state index in [9.17, 15) is 9.59 Å². The highest BCUT2D eigenvalue weighted by molar-refractivity contribution is 8.00. The molecule has 2 atom stereocenters. The van der Waals surface area contributed by atoms with Crippen molar-refractivity contribution >= 4 is 35.2 Å². The third-order valence-electron chi connectivity index (χ3n) is 2.34. The Balaban J connectivity index is 2.33. The average Bonchev–Trinajstić information content (AvgIpc) is 2.26. The molecule has 5 nitrogen and oxygen atoms in total. The lowest BCUT2D eigenvalue weighted by Crippen LogP contribution is -2.68.